The second-order valence-corrected chi connectivity index (χ2v) is 5.87. The lowest BCUT2D eigenvalue weighted by molar-refractivity contribution is -0.134. The van der Waals surface area contributed by atoms with Gasteiger partial charge in [-0.25, -0.2) is 4.79 Å². The molecule has 1 aromatic carbocycles. The Balaban J connectivity index is 2.57. The standard InChI is InChI=1S/C14H14ClFO3/c1-14(2,3)9-6-11-7(5-10(9)15)4-8(13(17)18)12(16)19-11/h4-6,12H,1-3H3,(H,17,18). The van der Waals surface area contributed by atoms with E-state index in [1.807, 2.05) is 20.8 Å². The maximum atomic E-state index is 13.6. The van der Waals surface area contributed by atoms with Crippen molar-refractivity contribution in [3.8, 4) is 5.75 Å². The SMILES string of the molecule is CC(C)(C)c1cc2c(cc1Cl)C=C(C(=O)O)C(F)O2. The normalized spacial score (nSPS) is 18.4. The van der Waals surface area contributed by atoms with Crippen molar-refractivity contribution in [1.29, 1.82) is 0 Å². The number of hydrogen-bond acceptors (Lipinski definition) is 2. The molecule has 102 valence electrons. The molecule has 2 rings (SSSR count). The number of hydrogen-bond donors (Lipinski definition) is 1. The van der Waals surface area contributed by atoms with E-state index in [9.17, 15) is 9.18 Å². The van der Waals surface area contributed by atoms with Crippen molar-refractivity contribution >= 4 is 23.6 Å². The average Bonchev–Trinajstić information content (AvgIpc) is 2.26. The van der Waals surface area contributed by atoms with E-state index in [0.29, 0.717) is 16.3 Å². The van der Waals surface area contributed by atoms with Crippen LogP contribution in [-0.2, 0) is 10.2 Å². The number of aliphatic carboxylic acids is 1. The molecule has 0 aromatic heterocycles. The molecule has 0 fully saturated rings. The third kappa shape index (κ3) is 2.59. The highest BCUT2D eigenvalue weighted by Crippen LogP contribution is 2.38. The summed E-state index contributed by atoms with van der Waals surface area (Å²) < 4.78 is 18.6. The molecule has 3 nitrogen and oxygen atoms in total. The summed E-state index contributed by atoms with van der Waals surface area (Å²) in [5.41, 5.74) is 0.668. The molecule has 0 saturated carbocycles. The number of rotatable bonds is 1. The zero-order chi connectivity index (χ0) is 14.4. The molecule has 0 aliphatic carbocycles. The number of carboxylic acids is 1. The van der Waals surface area contributed by atoms with E-state index in [-0.39, 0.29) is 5.41 Å². The topological polar surface area (TPSA) is 46.5 Å². The first-order valence-electron chi connectivity index (χ1n) is 5.80. The predicted molar refractivity (Wildman–Crippen MR) is 71.3 cm³/mol. The molecular weight excluding hydrogens is 271 g/mol. The lowest BCUT2D eigenvalue weighted by atomic mass is 9.86. The number of ether oxygens (including phenoxy) is 1. The van der Waals surface area contributed by atoms with Crippen LogP contribution in [0.5, 0.6) is 5.75 Å². The van der Waals surface area contributed by atoms with E-state index >= 15 is 0 Å². The monoisotopic (exact) mass is 284 g/mol. The van der Waals surface area contributed by atoms with E-state index in [1.165, 1.54) is 6.08 Å². The number of fused-ring (bicyclic) bond motifs is 1. The van der Waals surface area contributed by atoms with Crippen molar-refractivity contribution < 1.29 is 19.0 Å². The fourth-order valence-corrected chi connectivity index (χ4v) is 2.38. The van der Waals surface area contributed by atoms with Gasteiger partial charge in [0.05, 0.1) is 0 Å². The Morgan fingerprint density at radius 3 is 2.58 bits per heavy atom. The van der Waals surface area contributed by atoms with Gasteiger partial charge in [-0.3, -0.25) is 0 Å². The second-order valence-electron chi connectivity index (χ2n) is 5.46. The molecule has 1 aromatic rings. The third-order valence-corrected chi connectivity index (χ3v) is 3.25. The second kappa shape index (κ2) is 4.53. The van der Waals surface area contributed by atoms with Crippen LogP contribution in [0.1, 0.15) is 31.9 Å². The number of carboxylic acid groups (broad SMARTS) is 1. The Labute approximate surface area is 115 Å². The van der Waals surface area contributed by atoms with E-state index in [1.54, 1.807) is 12.1 Å². The third-order valence-electron chi connectivity index (χ3n) is 2.94. The Kier molecular flexibility index (Phi) is 3.31. The van der Waals surface area contributed by atoms with Crippen molar-refractivity contribution in [2.45, 2.75) is 32.5 Å². The maximum absolute atomic E-state index is 13.6. The zero-order valence-electron chi connectivity index (χ0n) is 10.8. The van der Waals surface area contributed by atoms with Crippen molar-refractivity contribution in [2.24, 2.45) is 0 Å². The van der Waals surface area contributed by atoms with Gasteiger partial charge in [0.15, 0.2) is 0 Å². The summed E-state index contributed by atoms with van der Waals surface area (Å²) in [7, 11) is 0. The van der Waals surface area contributed by atoms with Crippen molar-refractivity contribution in [3.05, 3.63) is 33.9 Å². The summed E-state index contributed by atoms with van der Waals surface area (Å²) in [5.74, 6) is -1.03. The van der Waals surface area contributed by atoms with Crippen LogP contribution in [0.25, 0.3) is 6.08 Å². The van der Waals surface area contributed by atoms with Crippen LogP contribution < -0.4 is 4.74 Å². The van der Waals surface area contributed by atoms with Gasteiger partial charge in [0.2, 0.25) is 0 Å². The van der Waals surface area contributed by atoms with Crippen LogP contribution in [0.2, 0.25) is 5.02 Å². The molecular formula is C14H14ClFO3. The molecule has 0 saturated heterocycles. The van der Waals surface area contributed by atoms with Gasteiger partial charge in [0, 0.05) is 10.6 Å². The first-order chi connectivity index (χ1) is 8.70. The zero-order valence-corrected chi connectivity index (χ0v) is 11.6. The average molecular weight is 285 g/mol. The van der Waals surface area contributed by atoms with E-state index in [0.717, 1.165) is 5.56 Å². The number of alkyl halides is 1. The highest BCUT2D eigenvalue weighted by atomic mass is 35.5. The highest BCUT2D eigenvalue weighted by molar-refractivity contribution is 6.31. The summed E-state index contributed by atoms with van der Waals surface area (Å²) in [4.78, 5) is 10.9. The maximum Gasteiger partial charge on any atom is 0.338 e. The molecule has 5 heteroatoms. The minimum Gasteiger partial charge on any atom is -0.478 e. The van der Waals surface area contributed by atoms with Gasteiger partial charge >= 0.3 is 5.97 Å². The van der Waals surface area contributed by atoms with Crippen LogP contribution in [-0.4, -0.2) is 17.4 Å². The molecule has 1 heterocycles. The molecule has 0 bridgehead atoms. The van der Waals surface area contributed by atoms with Crippen LogP contribution in [0.3, 0.4) is 0 Å². The Hall–Kier alpha value is -1.55. The Morgan fingerprint density at radius 2 is 2.05 bits per heavy atom. The summed E-state index contributed by atoms with van der Waals surface area (Å²) in [5, 5.41) is 9.37. The van der Waals surface area contributed by atoms with Crippen molar-refractivity contribution in [1.82, 2.24) is 0 Å². The summed E-state index contributed by atoms with van der Waals surface area (Å²) in [6, 6.07) is 3.27. The largest absolute Gasteiger partial charge is 0.478 e. The summed E-state index contributed by atoms with van der Waals surface area (Å²) >= 11 is 6.18. The van der Waals surface area contributed by atoms with Gasteiger partial charge in [0.25, 0.3) is 6.36 Å². The van der Waals surface area contributed by atoms with Gasteiger partial charge in [-0.15, -0.1) is 0 Å². The molecule has 0 radical (unpaired) electrons. The molecule has 0 amide bonds. The number of carbonyl (C=O) groups is 1. The molecule has 19 heavy (non-hydrogen) atoms. The summed E-state index contributed by atoms with van der Waals surface area (Å²) in [6.07, 6.45) is -0.705. The highest BCUT2D eigenvalue weighted by Gasteiger charge is 2.29. The number of halogens is 2. The fraction of sp³-hybridized carbons (Fsp3) is 0.357. The van der Waals surface area contributed by atoms with E-state index in [4.69, 9.17) is 21.4 Å². The smallest absolute Gasteiger partial charge is 0.338 e. The van der Waals surface area contributed by atoms with Gasteiger partial charge in [0.1, 0.15) is 11.3 Å². The van der Waals surface area contributed by atoms with Crippen LogP contribution in [0, 0.1) is 0 Å². The molecule has 1 unspecified atom stereocenters. The molecule has 0 spiro atoms. The lowest BCUT2D eigenvalue weighted by Gasteiger charge is -2.25. The van der Waals surface area contributed by atoms with Gasteiger partial charge in [-0.1, -0.05) is 32.4 Å². The van der Waals surface area contributed by atoms with Gasteiger partial charge in [-0.05, 0) is 29.2 Å². The summed E-state index contributed by atoms with van der Waals surface area (Å²) in [6.45, 7) is 5.94. The first kappa shape index (κ1) is 13.9. The van der Waals surface area contributed by atoms with Crippen molar-refractivity contribution in [2.75, 3.05) is 0 Å². The minimum absolute atomic E-state index is 0.210. The molecule has 1 atom stereocenters. The molecule has 1 aliphatic heterocycles. The molecule has 1 aliphatic rings. The van der Waals surface area contributed by atoms with E-state index in [2.05, 4.69) is 0 Å². The molecule has 1 N–H and O–H groups in total. The lowest BCUT2D eigenvalue weighted by Crippen LogP contribution is -2.23. The predicted octanol–water partition coefficient (Wildman–Crippen LogP) is 3.79. The number of benzene rings is 1. The van der Waals surface area contributed by atoms with Gasteiger partial charge in [-0.2, -0.15) is 4.39 Å². The van der Waals surface area contributed by atoms with Gasteiger partial charge < -0.3 is 9.84 Å². The Morgan fingerprint density at radius 1 is 1.42 bits per heavy atom. The quantitative estimate of drug-likeness (QED) is 0.853. The first-order valence-corrected chi connectivity index (χ1v) is 6.17. The van der Waals surface area contributed by atoms with Crippen LogP contribution >= 0.6 is 11.6 Å². The van der Waals surface area contributed by atoms with Crippen LogP contribution in [0.15, 0.2) is 17.7 Å². The van der Waals surface area contributed by atoms with Crippen molar-refractivity contribution in [3.63, 3.8) is 0 Å². The fourth-order valence-electron chi connectivity index (χ4n) is 1.93. The Bertz CT molecular complexity index is 573. The van der Waals surface area contributed by atoms with Crippen LogP contribution in [0.4, 0.5) is 4.39 Å². The minimum atomic E-state index is -1.96. The van der Waals surface area contributed by atoms with E-state index < -0.39 is 17.9 Å².